The minimum absolute atomic E-state index is 0.0140. The molecule has 0 aliphatic rings. The number of rotatable bonds is 4. The van der Waals surface area contributed by atoms with Gasteiger partial charge in [0.25, 0.3) is 0 Å². The maximum absolute atomic E-state index is 14.3. The molecule has 1 aromatic heterocycles. The standard InChI is InChI=1S/C14H12BrClF2N2/c1-2-20-14(8-5-6-19-7-11(8)17)9-3-4-10(15)12(16)13(9)18/h3-7,14,20H,2H2,1H3. The van der Waals surface area contributed by atoms with Crippen molar-refractivity contribution in [2.45, 2.75) is 13.0 Å². The number of hydrogen-bond acceptors (Lipinski definition) is 2. The molecule has 0 fully saturated rings. The van der Waals surface area contributed by atoms with Gasteiger partial charge in [-0.25, -0.2) is 8.78 Å². The highest BCUT2D eigenvalue weighted by Crippen LogP contribution is 2.33. The Bertz CT molecular complexity index is 622. The van der Waals surface area contributed by atoms with Gasteiger partial charge in [-0.15, -0.1) is 0 Å². The topological polar surface area (TPSA) is 24.9 Å². The second-order valence-electron chi connectivity index (χ2n) is 4.15. The molecule has 1 unspecified atom stereocenters. The van der Waals surface area contributed by atoms with Crippen LogP contribution >= 0.6 is 27.5 Å². The highest BCUT2D eigenvalue weighted by Gasteiger charge is 2.22. The van der Waals surface area contributed by atoms with Gasteiger partial charge in [-0.1, -0.05) is 24.6 Å². The molecule has 0 spiro atoms. The summed E-state index contributed by atoms with van der Waals surface area (Å²) in [5.41, 5.74) is 0.629. The van der Waals surface area contributed by atoms with Gasteiger partial charge >= 0.3 is 0 Å². The first-order valence-corrected chi connectivity index (χ1v) is 7.19. The molecule has 0 radical (unpaired) electrons. The van der Waals surface area contributed by atoms with Crippen LogP contribution in [-0.2, 0) is 0 Å². The van der Waals surface area contributed by atoms with Gasteiger partial charge in [0.2, 0.25) is 0 Å². The Hall–Kier alpha value is -1.04. The predicted octanol–water partition coefficient (Wildman–Crippen LogP) is 4.47. The highest BCUT2D eigenvalue weighted by molar-refractivity contribution is 9.10. The van der Waals surface area contributed by atoms with E-state index in [1.807, 2.05) is 6.92 Å². The van der Waals surface area contributed by atoms with E-state index >= 15 is 0 Å². The lowest BCUT2D eigenvalue weighted by Crippen LogP contribution is -2.24. The van der Waals surface area contributed by atoms with Crippen LogP contribution in [0.1, 0.15) is 24.1 Å². The van der Waals surface area contributed by atoms with Crippen molar-refractivity contribution in [1.29, 1.82) is 0 Å². The van der Waals surface area contributed by atoms with E-state index in [1.165, 1.54) is 12.3 Å². The number of halogens is 4. The van der Waals surface area contributed by atoms with Crippen LogP contribution in [0.5, 0.6) is 0 Å². The molecule has 0 aliphatic heterocycles. The van der Waals surface area contributed by atoms with Gasteiger partial charge in [0.1, 0.15) is 11.6 Å². The van der Waals surface area contributed by atoms with Crippen molar-refractivity contribution in [3.8, 4) is 0 Å². The lowest BCUT2D eigenvalue weighted by Gasteiger charge is -2.20. The summed E-state index contributed by atoms with van der Waals surface area (Å²) >= 11 is 9.06. The number of benzene rings is 1. The van der Waals surface area contributed by atoms with Gasteiger partial charge in [0.15, 0.2) is 0 Å². The Morgan fingerprint density at radius 1 is 1.30 bits per heavy atom. The second-order valence-corrected chi connectivity index (χ2v) is 5.38. The quantitative estimate of drug-likeness (QED) is 0.813. The van der Waals surface area contributed by atoms with Gasteiger partial charge in [0, 0.05) is 21.8 Å². The molecule has 0 saturated heterocycles. The highest BCUT2D eigenvalue weighted by atomic mass is 79.9. The van der Waals surface area contributed by atoms with Crippen molar-refractivity contribution in [1.82, 2.24) is 10.3 Å². The lowest BCUT2D eigenvalue weighted by molar-refractivity contribution is 0.528. The summed E-state index contributed by atoms with van der Waals surface area (Å²) in [6.07, 6.45) is 2.58. The van der Waals surface area contributed by atoms with Gasteiger partial charge in [-0.2, -0.15) is 0 Å². The predicted molar refractivity (Wildman–Crippen MR) is 78.8 cm³/mol. The minimum Gasteiger partial charge on any atom is -0.306 e. The van der Waals surface area contributed by atoms with E-state index in [0.29, 0.717) is 22.1 Å². The van der Waals surface area contributed by atoms with E-state index in [2.05, 4.69) is 26.2 Å². The maximum Gasteiger partial charge on any atom is 0.148 e. The number of aromatic nitrogens is 1. The minimum atomic E-state index is -0.617. The molecule has 1 N–H and O–H groups in total. The van der Waals surface area contributed by atoms with Gasteiger partial charge in [-0.3, -0.25) is 4.98 Å². The molecule has 20 heavy (non-hydrogen) atoms. The zero-order chi connectivity index (χ0) is 14.7. The van der Waals surface area contributed by atoms with E-state index in [0.717, 1.165) is 6.20 Å². The maximum atomic E-state index is 14.3. The average molecular weight is 362 g/mol. The summed E-state index contributed by atoms with van der Waals surface area (Å²) in [5, 5.41) is 3.05. The first kappa shape index (κ1) is 15.4. The van der Waals surface area contributed by atoms with Gasteiger partial charge in [-0.05, 0) is 34.6 Å². The van der Waals surface area contributed by atoms with E-state index in [9.17, 15) is 8.78 Å². The molecule has 0 saturated carbocycles. The Labute approximate surface area is 129 Å². The third-order valence-corrected chi connectivity index (χ3v) is 4.16. The van der Waals surface area contributed by atoms with E-state index in [4.69, 9.17) is 11.6 Å². The molecule has 0 bridgehead atoms. The van der Waals surface area contributed by atoms with E-state index in [-0.39, 0.29) is 5.02 Å². The van der Waals surface area contributed by atoms with Crippen molar-refractivity contribution < 1.29 is 8.78 Å². The zero-order valence-corrected chi connectivity index (χ0v) is 13.0. The monoisotopic (exact) mass is 360 g/mol. The summed E-state index contributed by atoms with van der Waals surface area (Å²) in [6.45, 7) is 2.42. The van der Waals surface area contributed by atoms with E-state index < -0.39 is 17.7 Å². The average Bonchev–Trinajstić information content (AvgIpc) is 2.44. The molecule has 0 amide bonds. The summed E-state index contributed by atoms with van der Waals surface area (Å²) in [6, 6.07) is 4.13. The van der Waals surface area contributed by atoms with Crippen LogP contribution < -0.4 is 5.32 Å². The number of nitrogens with one attached hydrogen (secondary N) is 1. The van der Waals surface area contributed by atoms with Crippen molar-refractivity contribution in [3.63, 3.8) is 0 Å². The van der Waals surface area contributed by atoms with Crippen molar-refractivity contribution in [2.75, 3.05) is 6.54 Å². The van der Waals surface area contributed by atoms with Crippen molar-refractivity contribution in [2.24, 2.45) is 0 Å². The molecule has 6 heteroatoms. The third kappa shape index (κ3) is 3.00. The second kappa shape index (κ2) is 6.61. The Morgan fingerprint density at radius 3 is 2.70 bits per heavy atom. The molecular weight excluding hydrogens is 350 g/mol. The molecule has 0 aliphatic carbocycles. The van der Waals surface area contributed by atoms with Crippen LogP contribution in [0.25, 0.3) is 0 Å². The molecular formula is C14H12BrClF2N2. The fraction of sp³-hybridized carbons (Fsp3) is 0.214. The number of pyridine rings is 1. The van der Waals surface area contributed by atoms with Crippen LogP contribution in [-0.4, -0.2) is 11.5 Å². The Balaban J connectivity index is 2.55. The third-order valence-electron chi connectivity index (χ3n) is 2.90. The van der Waals surface area contributed by atoms with Crippen LogP contribution in [0.3, 0.4) is 0 Å². The summed E-state index contributed by atoms with van der Waals surface area (Å²) in [4.78, 5) is 3.71. The molecule has 2 rings (SSSR count). The Morgan fingerprint density at radius 2 is 2.05 bits per heavy atom. The van der Waals surface area contributed by atoms with Gasteiger partial charge < -0.3 is 5.32 Å². The molecule has 1 aromatic carbocycles. The van der Waals surface area contributed by atoms with Crippen LogP contribution in [0, 0.1) is 11.6 Å². The van der Waals surface area contributed by atoms with Crippen LogP contribution in [0.4, 0.5) is 8.78 Å². The fourth-order valence-corrected chi connectivity index (χ4v) is 2.45. The SMILES string of the molecule is CCNC(c1ccncc1F)c1ccc(Br)c(Cl)c1F. The van der Waals surface area contributed by atoms with Gasteiger partial charge in [0.05, 0.1) is 17.3 Å². The molecule has 1 heterocycles. The summed E-state index contributed by atoms with van der Waals surface area (Å²) < 4.78 is 28.7. The normalized spacial score (nSPS) is 12.4. The first-order valence-electron chi connectivity index (χ1n) is 6.02. The molecule has 2 nitrogen and oxygen atoms in total. The van der Waals surface area contributed by atoms with Crippen LogP contribution in [0.2, 0.25) is 5.02 Å². The Kier molecular flexibility index (Phi) is 5.07. The number of nitrogens with zero attached hydrogens (tertiary/aromatic N) is 1. The van der Waals surface area contributed by atoms with E-state index in [1.54, 1.807) is 12.1 Å². The molecule has 106 valence electrons. The van der Waals surface area contributed by atoms with Crippen molar-refractivity contribution >= 4 is 27.5 Å². The summed E-state index contributed by atoms with van der Waals surface area (Å²) in [5.74, 6) is -1.06. The smallest absolute Gasteiger partial charge is 0.148 e. The fourth-order valence-electron chi connectivity index (χ4n) is 1.98. The molecule has 1 atom stereocenters. The summed E-state index contributed by atoms with van der Waals surface area (Å²) in [7, 11) is 0. The first-order chi connectivity index (χ1) is 9.56. The van der Waals surface area contributed by atoms with Crippen LogP contribution in [0.15, 0.2) is 35.1 Å². The number of hydrogen-bond donors (Lipinski definition) is 1. The zero-order valence-electron chi connectivity index (χ0n) is 10.6. The largest absolute Gasteiger partial charge is 0.306 e. The lowest BCUT2D eigenvalue weighted by atomic mass is 9.98. The van der Waals surface area contributed by atoms with Crippen molar-refractivity contribution in [3.05, 3.63) is 62.8 Å². The molecule has 2 aromatic rings.